The van der Waals surface area contributed by atoms with E-state index in [-0.39, 0.29) is 17.8 Å². The molecule has 1 aromatic heterocycles. The van der Waals surface area contributed by atoms with E-state index in [1.165, 1.54) is 6.33 Å². The van der Waals surface area contributed by atoms with Crippen LogP contribution < -0.4 is 10.3 Å². The van der Waals surface area contributed by atoms with Gasteiger partial charge in [-0.2, -0.15) is 0 Å². The molecule has 2 heterocycles. The summed E-state index contributed by atoms with van der Waals surface area (Å²) >= 11 is 3.48. The lowest BCUT2D eigenvalue weighted by Gasteiger charge is -2.33. The lowest BCUT2D eigenvalue weighted by Crippen LogP contribution is -2.44. The van der Waals surface area contributed by atoms with Gasteiger partial charge in [0.15, 0.2) is 0 Å². The van der Waals surface area contributed by atoms with E-state index in [9.17, 15) is 9.59 Å². The smallest absolute Gasteiger partial charge is 0.410 e. The fraction of sp³-hybridized carbons (Fsp3) is 0.500. The SMILES string of the molecule is CC(C)(C)OC(=O)N1CCC(Oc2cc3c(=O)[nH]cnc3cc2Br)CC1. The van der Waals surface area contributed by atoms with E-state index in [4.69, 9.17) is 9.47 Å². The van der Waals surface area contributed by atoms with E-state index in [1.54, 1.807) is 17.0 Å². The van der Waals surface area contributed by atoms with Gasteiger partial charge in [-0.3, -0.25) is 4.79 Å². The van der Waals surface area contributed by atoms with Gasteiger partial charge in [-0.25, -0.2) is 9.78 Å². The lowest BCUT2D eigenvalue weighted by molar-refractivity contribution is 0.0126. The zero-order valence-electron chi connectivity index (χ0n) is 15.0. The van der Waals surface area contributed by atoms with E-state index >= 15 is 0 Å². The van der Waals surface area contributed by atoms with Crippen LogP contribution in [-0.2, 0) is 4.74 Å². The van der Waals surface area contributed by atoms with Crippen LogP contribution in [0.4, 0.5) is 4.79 Å². The van der Waals surface area contributed by atoms with Crippen LogP contribution >= 0.6 is 15.9 Å². The number of aromatic amines is 1. The summed E-state index contributed by atoms with van der Waals surface area (Å²) in [4.78, 5) is 32.5. The highest BCUT2D eigenvalue weighted by atomic mass is 79.9. The molecule has 1 saturated heterocycles. The van der Waals surface area contributed by atoms with Gasteiger partial charge in [0.25, 0.3) is 5.56 Å². The fourth-order valence-electron chi connectivity index (χ4n) is 2.82. The minimum absolute atomic E-state index is 0.0295. The molecule has 26 heavy (non-hydrogen) atoms. The summed E-state index contributed by atoms with van der Waals surface area (Å²) in [6, 6.07) is 3.47. The minimum atomic E-state index is -0.499. The maximum Gasteiger partial charge on any atom is 0.410 e. The number of benzene rings is 1. The van der Waals surface area contributed by atoms with Gasteiger partial charge >= 0.3 is 6.09 Å². The van der Waals surface area contributed by atoms with Crippen molar-refractivity contribution in [3.05, 3.63) is 33.3 Å². The number of rotatable bonds is 2. The molecule has 140 valence electrons. The van der Waals surface area contributed by atoms with E-state index in [0.29, 0.717) is 42.6 Å². The van der Waals surface area contributed by atoms with Crippen LogP contribution in [0, 0.1) is 0 Å². The molecular formula is C18H22BrN3O4. The van der Waals surface area contributed by atoms with Gasteiger partial charge in [-0.05, 0) is 48.8 Å². The number of likely N-dealkylation sites (tertiary alicyclic amines) is 1. The largest absolute Gasteiger partial charge is 0.489 e. The van der Waals surface area contributed by atoms with Crippen LogP contribution in [0.25, 0.3) is 10.9 Å². The highest BCUT2D eigenvalue weighted by Crippen LogP contribution is 2.30. The second-order valence-corrected chi connectivity index (χ2v) is 8.17. The van der Waals surface area contributed by atoms with Crippen LogP contribution in [0.3, 0.4) is 0 Å². The van der Waals surface area contributed by atoms with Crippen molar-refractivity contribution < 1.29 is 14.3 Å². The summed E-state index contributed by atoms with van der Waals surface area (Å²) in [5.74, 6) is 0.603. The number of hydrogen-bond donors (Lipinski definition) is 1. The first kappa shape index (κ1) is 18.7. The van der Waals surface area contributed by atoms with Gasteiger partial charge in [0.05, 0.1) is 21.7 Å². The second kappa shape index (κ2) is 7.26. The first-order valence-electron chi connectivity index (χ1n) is 8.54. The van der Waals surface area contributed by atoms with Crippen LogP contribution in [0.1, 0.15) is 33.6 Å². The summed E-state index contributed by atoms with van der Waals surface area (Å²) in [5.41, 5.74) is -0.0959. The third kappa shape index (κ3) is 4.35. The first-order valence-corrected chi connectivity index (χ1v) is 9.34. The summed E-state index contributed by atoms with van der Waals surface area (Å²) in [6.07, 6.45) is 2.46. The molecule has 8 heteroatoms. The summed E-state index contributed by atoms with van der Waals surface area (Å²) < 4.78 is 12.2. The van der Waals surface area contributed by atoms with Crippen molar-refractivity contribution in [2.24, 2.45) is 0 Å². The molecule has 0 unspecified atom stereocenters. The Labute approximate surface area is 159 Å². The number of hydrogen-bond acceptors (Lipinski definition) is 5. The second-order valence-electron chi connectivity index (χ2n) is 7.32. The molecule has 1 N–H and O–H groups in total. The van der Waals surface area contributed by atoms with Gasteiger partial charge in [0, 0.05) is 25.9 Å². The minimum Gasteiger partial charge on any atom is -0.489 e. The number of carbonyl (C=O) groups excluding carboxylic acids is 1. The number of nitrogens with zero attached hydrogens (tertiary/aromatic N) is 2. The van der Waals surface area contributed by atoms with Gasteiger partial charge in [-0.15, -0.1) is 0 Å². The van der Waals surface area contributed by atoms with Crippen LogP contribution in [0.2, 0.25) is 0 Å². The molecule has 0 aliphatic carbocycles. The van der Waals surface area contributed by atoms with Crippen LogP contribution in [0.5, 0.6) is 5.75 Å². The number of piperidine rings is 1. The Morgan fingerprint density at radius 1 is 1.31 bits per heavy atom. The number of halogens is 1. The number of aromatic nitrogens is 2. The summed E-state index contributed by atoms with van der Waals surface area (Å²) in [6.45, 7) is 6.72. The number of ether oxygens (including phenoxy) is 2. The van der Waals surface area contributed by atoms with E-state index < -0.39 is 5.60 Å². The summed E-state index contributed by atoms with van der Waals surface area (Å²) in [7, 11) is 0. The molecule has 0 bridgehead atoms. The normalized spacial score (nSPS) is 15.9. The Balaban J connectivity index is 1.66. The Morgan fingerprint density at radius 2 is 2.00 bits per heavy atom. The predicted octanol–water partition coefficient (Wildman–Crippen LogP) is 3.46. The maximum absolute atomic E-state index is 12.1. The zero-order valence-corrected chi connectivity index (χ0v) is 16.6. The van der Waals surface area contributed by atoms with Crippen molar-refractivity contribution in [3.8, 4) is 5.75 Å². The van der Waals surface area contributed by atoms with Crippen molar-refractivity contribution in [1.29, 1.82) is 0 Å². The van der Waals surface area contributed by atoms with Gasteiger partial charge in [-0.1, -0.05) is 0 Å². The standard InChI is InChI=1S/C18H22BrN3O4/c1-18(2,3)26-17(24)22-6-4-11(5-7-22)25-15-8-12-14(9-13(15)19)20-10-21-16(12)23/h8-11H,4-7H2,1-3H3,(H,20,21,23). The molecule has 1 fully saturated rings. The molecule has 2 aromatic rings. The Bertz CT molecular complexity index is 867. The quantitative estimate of drug-likeness (QED) is 0.798. The molecule has 3 rings (SSSR count). The average molecular weight is 424 g/mol. The molecule has 0 saturated carbocycles. The first-order chi connectivity index (χ1) is 12.2. The molecular weight excluding hydrogens is 402 g/mol. The third-order valence-corrected chi connectivity index (χ3v) is 4.70. The monoisotopic (exact) mass is 423 g/mol. The summed E-state index contributed by atoms with van der Waals surface area (Å²) in [5, 5.41) is 0.483. The van der Waals surface area contributed by atoms with E-state index in [0.717, 1.165) is 4.47 Å². The van der Waals surface area contributed by atoms with Crippen molar-refractivity contribution in [2.45, 2.75) is 45.3 Å². The van der Waals surface area contributed by atoms with E-state index in [2.05, 4.69) is 25.9 Å². The van der Waals surface area contributed by atoms with Gasteiger partial charge in [0.2, 0.25) is 0 Å². The van der Waals surface area contributed by atoms with Crippen molar-refractivity contribution in [3.63, 3.8) is 0 Å². The Morgan fingerprint density at radius 3 is 2.65 bits per heavy atom. The molecule has 1 aliphatic heterocycles. The van der Waals surface area contributed by atoms with Crippen molar-refractivity contribution in [1.82, 2.24) is 14.9 Å². The predicted molar refractivity (Wildman–Crippen MR) is 102 cm³/mol. The number of amides is 1. The number of nitrogens with one attached hydrogen (secondary N) is 1. The maximum atomic E-state index is 12.1. The number of H-pyrrole nitrogens is 1. The molecule has 1 aromatic carbocycles. The molecule has 1 amide bonds. The van der Waals surface area contributed by atoms with Crippen LogP contribution in [-0.4, -0.2) is 45.8 Å². The Hall–Kier alpha value is -2.09. The Kier molecular flexibility index (Phi) is 5.22. The fourth-order valence-corrected chi connectivity index (χ4v) is 3.25. The van der Waals surface area contributed by atoms with Crippen LogP contribution in [0.15, 0.2) is 27.7 Å². The molecule has 7 nitrogen and oxygen atoms in total. The number of carbonyl (C=O) groups is 1. The highest BCUT2D eigenvalue weighted by Gasteiger charge is 2.28. The molecule has 0 spiro atoms. The number of fused-ring (bicyclic) bond motifs is 1. The highest BCUT2D eigenvalue weighted by molar-refractivity contribution is 9.10. The average Bonchev–Trinajstić information content (AvgIpc) is 2.55. The van der Waals surface area contributed by atoms with E-state index in [1.807, 2.05) is 20.8 Å². The molecule has 0 atom stereocenters. The molecule has 1 aliphatic rings. The molecule has 0 radical (unpaired) electrons. The van der Waals surface area contributed by atoms with Gasteiger partial charge < -0.3 is 19.4 Å². The van der Waals surface area contributed by atoms with Gasteiger partial charge in [0.1, 0.15) is 17.5 Å². The zero-order chi connectivity index (χ0) is 18.9. The topological polar surface area (TPSA) is 84.5 Å². The third-order valence-electron chi connectivity index (χ3n) is 4.08. The van der Waals surface area contributed by atoms with Crippen molar-refractivity contribution in [2.75, 3.05) is 13.1 Å². The van der Waals surface area contributed by atoms with Crippen molar-refractivity contribution >= 4 is 32.9 Å². The lowest BCUT2D eigenvalue weighted by atomic mass is 10.1.